The summed E-state index contributed by atoms with van der Waals surface area (Å²) in [7, 11) is 0. The van der Waals surface area contributed by atoms with E-state index in [0.29, 0.717) is 35.2 Å². The molecule has 0 saturated heterocycles. The van der Waals surface area contributed by atoms with E-state index in [0.717, 1.165) is 18.4 Å². The Hall–Kier alpha value is -0.780. The van der Waals surface area contributed by atoms with Crippen molar-refractivity contribution in [1.29, 1.82) is 0 Å². The number of rotatable bonds is 8. The van der Waals surface area contributed by atoms with Crippen LogP contribution in [0.2, 0.25) is 5.02 Å². The number of carbonyl (C=O) groups is 1. The van der Waals surface area contributed by atoms with Gasteiger partial charge in [0.25, 0.3) is 0 Å². The van der Waals surface area contributed by atoms with Gasteiger partial charge >= 0.3 is 0 Å². The van der Waals surface area contributed by atoms with Crippen LogP contribution in [0, 0.1) is 6.92 Å². The van der Waals surface area contributed by atoms with E-state index in [1.165, 1.54) is 0 Å². The molecule has 1 aromatic carbocycles. The summed E-state index contributed by atoms with van der Waals surface area (Å²) in [4.78, 5) is 11.7. The van der Waals surface area contributed by atoms with Crippen LogP contribution in [0.25, 0.3) is 0 Å². The Balaban J connectivity index is 2.28. The topological polar surface area (TPSA) is 41.1 Å². The normalized spacial score (nSPS) is 10.5. The zero-order chi connectivity index (χ0) is 14.1. The van der Waals surface area contributed by atoms with Crippen LogP contribution in [0.1, 0.15) is 18.4 Å². The summed E-state index contributed by atoms with van der Waals surface area (Å²) in [6.07, 6.45) is 1.66. The van der Waals surface area contributed by atoms with Gasteiger partial charge in [0, 0.05) is 17.9 Å². The maximum absolute atomic E-state index is 11.8. The molecular weight excluding hydrogens is 287 g/mol. The Labute approximate surface area is 122 Å². The van der Waals surface area contributed by atoms with Crippen LogP contribution >= 0.6 is 23.7 Å². The summed E-state index contributed by atoms with van der Waals surface area (Å²) in [5.74, 6) is 0.378. The zero-order valence-electron chi connectivity index (χ0n) is 10.8. The average molecular weight is 305 g/mol. The van der Waals surface area contributed by atoms with E-state index in [9.17, 15) is 8.68 Å². The molecule has 0 aromatic heterocycles. The van der Waals surface area contributed by atoms with Crippen molar-refractivity contribution < 1.29 is 8.68 Å². The van der Waals surface area contributed by atoms with Gasteiger partial charge in [0.05, 0.1) is 17.3 Å². The summed E-state index contributed by atoms with van der Waals surface area (Å²) in [5, 5.41) is 6.33. The Morgan fingerprint density at radius 1 is 1.42 bits per heavy atom. The fourth-order valence-corrected chi connectivity index (χ4v) is 2.16. The van der Waals surface area contributed by atoms with Crippen molar-refractivity contribution in [3.8, 4) is 0 Å². The molecule has 0 unspecified atom stereocenters. The van der Waals surface area contributed by atoms with Crippen molar-refractivity contribution in [2.75, 3.05) is 24.2 Å². The minimum Gasteiger partial charge on any atom is -0.323 e. The van der Waals surface area contributed by atoms with Gasteiger partial charge in [-0.05, 0) is 37.9 Å². The minimum absolute atomic E-state index is 0.129. The van der Waals surface area contributed by atoms with E-state index in [4.69, 9.17) is 11.6 Å². The van der Waals surface area contributed by atoms with E-state index in [2.05, 4.69) is 10.6 Å². The second kappa shape index (κ2) is 9.18. The third-order valence-electron chi connectivity index (χ3n) is 2.60. The molecular formula is C13H18ClFN2OS. The summed E-state index contributed by atoms with van der Waals surface area (Å²) in [6, 6.07) is 5.48. The number of halogens is 2. The van der Waals surface area contributed by atoms with Gasteiger partial charge in [0.1, 0.15) is 0 Å². The Morgan fingerprint density at radius 2 is 2.21 bits per heavy atom. The van der Waals surface area contributed by atoms with E-state index in [1.807, 2.05) is 19.1 Å². The highest BCUT2D eigenvalue weighted by molar-refractivity contribution is 7.94. The second-order valence-electron chi connectivity index (χ2n) is 4.18. The number of nitrogens with one attached hydrogen (secondary N) is 2. The fourth-order valence-electron chi connectivity index (χ4n) is 1.58. The lowest BCUT2D eigenvalue weighted by molar-refractivity contribution is -0.115. The van der Waals surface area contributed by atoms with Gasteiger partial charge in [0.2, 0.25) is 5.91 Å². The monoisotopic (exact) mass is 304 g/mol. The highest BCUT2D eigenvalue weighted by atomic mass is 35.5. The molecule has 0 aliphatic rings. The number of anilines is 1. The van der Waals surface area contributed by atoms with Crippen molar-refractivity contribution in [2.45, 2.75) is 19.8 Å². The summed E-state index contributed by atoms with van der Waals surface area (Å²) >= 11 is 6.37. The summed E-state index contributed by atoms with van der Waals surface area (Å²) < 4.78 is 11.8. The molecule has 6 heteroatoms. The predicted octanol–water partition coefficient (Wildman–Crippen LogP) is 3.57. The van der Waals surface area contributed by atoms with Crippen LogP contribution in [0.5, 0.6) is 0 Å². The van der Waals surface area contributed by atoms with Gasteiger partial charge in [-0.15, -0.1) is 0 Å². The molecule has 0 bridgehead atoms. The van der Waals surface area contributed by atoms with Gasteiger partial charge in [-0.2, -0.15) is 3.89 Å². The second-order valence-corrected chi connectivity index (χ2v) is 5.21. The molecule has 0 aliphatic heterocycles. The number of amides is 1. The maximum Gasteiger partial charge on any atom is 0.238 e. The first kappa shape index (κ1) is 16.3. The number of carbonyl (C=O) groups excluding carboxylic acids is 1. The van der Waals surface area contributed by atoms with Crippen LogP contribution in [0.3, 0.4) is 0 Å². The third kappa shape index (κ3) is 6.27. The number of hydrogen-bond donors (Lipinski definition) is 2. The van der Waals surface area contributed by atoms with Gasteiger partial charge in [-0.3, -0.25) is 4.79 Å². The van der Waals surface area contributed by atoms with Crippen molar-refractivity contribution >= 4 is 35.3 Å². The summed E-state index contributed by atoms with van der Waals surface area (Å²) in [5.41, 5.74) is 1.59. The molecule has 0 radical (unpaired) electrons. The smallest absolute Gasteiger partial charge is 0.238 e. The molecule has 106 valence electrons. The van der Waals surface area contributed by atoms with Crippen LogP contribution in [0.15, 0.2) is 18.2 Å². The molecule has 1 rings (SSSR count). The van der Waals surface area contributed by atoms with E-state index < -0.39 is 0 Å². The molecule has 1 aromatic rings. The maximum atomic E-state index is 11.8. The lowest BCUT2D eigenvalue weighted by Crippen LogP contribution is -2.29. The number of hydrogen-bond acceptors (Lipinski definition) is 3. The van der Waals surface area contributed by atoms with E-state index in [-0.39, 0.29) is 12.5 Å². The van der Waals surface area contributed by atoms with Crippen molar-refractivity contribution in [3.63, 3.8) is 0 Å². The van der Waals surface area contributed by atoms with Crippen LogP contribution in [-0.4, -0.2) is 24.7 Å². The van der Waals surface area contributed by atoms with E-state index in [1.54, 1.807) is 6.07 Å². The Bertz CT molecular complexity index is 397. The molecule has 3 nitrogen and oxygen atoms in total. The van der Waals surface area contributed by atoms with Crippen LogP contribution < -0.4 is 10.6 Å². The lowest BCUT2D eigenvalue weighted by Gasteiger charge is -2.10. The molecule has 2 N–H and O–H groups in total. The predicted molar refractivity (Wildman–Crippen MR) is 80.5 cm³/mol. The van der Waals surface area contributed by atoms with Gasteiger partial charge in [-0.1, -0.05) is 23.7 Å². The largest absolute Gasteiger partial charge is 0.323 e. The summed E-state index contributed by atoms with van der Waals surface area (Å²) in [6.45, 7) is 2.83. The fraction of sp³-hybridized carbons (Fsp3) is 0.462. The van der Waals surface area contributed by atoms with Crippen molar-refractivity contribution in [2.24, 2.45) is 0 Å². The first-order chi connectivity index (χ1) is 9.15. The molecule has 0 fully saturated rings. The molecule has 0 heterocycles. The first-order valence-corrected chi connectivity index (χ1v) is 7.40. The van der Waals surface area contributed by atoms with Crippen LogP contribution in [0.4, 0.5) is 9.57 Å². The van der Waals surface area contributed by atoms with E-state index >= 15 is 0 Å². The zero-order valence-corrected chi connectivity index (χ0v) is 12.4. The van der Waals surface area contributed by atoms with Gasteiger partial charge in [0.15, 0.2) is 0 Å². The van der Waals surface area contributed by atoms with Crippen LogP contribution in [-0.2, 0) is 4.79 Å². The first-order valence-electron chi connectivity index (χ1n) is 6.14. The molecule has 0 aliphatic carbocycles. The SMILES string of the molecule is Cc1cccc(Cl)c1NC(=O)CNCCCCSF. The Kier molecular flexibility index (Phi) is 7.86. The van der Waals surface area contributed by atoms with Gasteiger partial charge in [-0.25, -0.2) is 0 Å². The molecule has 0 atom stereocenters. The number of aryl methyl sites for hydroxylation is 1. The highest BCUT2D eigenvalue weighted by Gasteiger charge is 2.07. The number of para-hydroxylation sites is 1. The molecule has 0 saturated carbocycles. The molecule has 0 spiro atoms. The molecule has 19 heavy (non-hydrogen) atoms. The highest BCUT2D eigenvalue weighted by Crippen LogP contribution is 2.24. The van der Waals surface area contributed by atoms with Crippen molar-refractivity contribution in [1.82, 2.24) is 5.32 Å². The third-order valence-corrected chi connectivity index (χ3v) is 3.35. The quantitative estimate of drug-likeness (QED) is 0.721. The number of unbranched alkanes of at least 4 members (excludes halogenated alkanes) is 1. The van der Waals surface area contributed by atoms with Crippen molar-refractivity contribution in [3.05, 3.63) is 28.8 Å². The number of benzene rings is 1. The lowest BCUT2D eigenvalue weighted by atomic mass is 10.2. The Morgan fingerprint density at radius 3 is 2.89 bits per heavy atom. The average Bonchev–Trinajstić information content (AvgIpc) is 2.38. The standard InChI is InChI=1S/C13H18ClFN2OS/c1-10-5-4-6-11(14)13(10)17-12(18)9-16-7-2-3-8-19-15/h4-6,16H,2-3,7-9H2,1H3,(H,17,18). The minimum atomic E-state index is -0.129. The molecule has 1 amide bonds. The van der Waals surface area contributed by atoms with Gasteiger partial charge < -0.3 is 10.6 Å².